The number of rotatable bonds is 7. The van der Waals surface area contributed by atoms with Gasteiger partial charge in [0.2, 0.25) is 0 Å². The SMILES string of the molecule is CCNC(=NCCc1ccncc1C)NC1CCN(CC2CCCCC2)CC1. The highest BCUT2D eigenvalue weighted by atomic mass is 15.2. The Morgan fingerprint density at radius 2 is 1.96 bits per heavy atom. The van der Waals surface area contributed by atoms with Crippen LogP contribution in [0.1, 0.15) is 63.0 Å². The van der Waals surface area contributed by atoms with Crippen LogP contribution in [0.25, 0.3) is 0 Å². The van der Waals surface area contributed by atoms with E-state index < -0.39 is 0 Å². The molecule has 28 heavy (non-hydrogen) atoms. The maximum Gasteiger partial charge on any atom is 0.191 e. The Morgan fingerprint density at radius 3 is 2.68 bits per heavy atom. The molecule has 0 bridgehead atoms. The largest absolute Gasteiger partial charge is 0.357 e. The van der Waals surface area contributed by atoms with Gasteiger partial charge in [0.1, 0.15) is 0 Å². The second-order valence-electron chi connectivity index (χ2n) is 8.54. The number of pyridine rings is 1. The molecule has 1 aromatic rings. The summed E-state index contributed by atoms with van der Waals surface area (Å²) >= 11 is 0. The zero-order chi connectivity index (χ0) is 19.6. The van der Waals surface area contributed by atoms with E-state index in [4.69, 9.17) is 4.99 Å². The zero-order valence-electron chi connectivity index (χ0n) is 17.9. The smallest absolute Gasteiger partial charge is 0.191 e. The molecule has 1 aliphatic heterocycles. The standard InChI is InChI=1S/C23H39N5/c1-3-25-23(26-14-10-21-9-13-24-17-19(21)2)27-22-11-15-28(16-12-22)18-20-7-5-4-6-8-20/h9,13,17,20,22H,3-8,10-12,14-16,18H2,1-2H3,(H2,25,26,27). The first kappa shape index (κ1) is 21.1. The molecule has 2 aliphatic rings. The van der Waals surface area contributed by atoms with Crippen molar-refractivity contribution in [2.45, 2.75) is 71.3 Å². The topological polar surface area (TPSA) is 52.6 Å². The molecule has 2 heterocycles. The van der Waals surface area contributed by atoms with Crippen molar-refractivity contribution in [1.82, 2.24) is 20.5 Å². The van der Waals surface area contributed by atoms with Crippen molar-refractivity contribution in [3.63, 3.8) is 0 Å². The van der Waals surface area contributed by atoms with E-state index in [2.05, 4.69) is 40.4 Å². The first-order valence-corrected chi connectivity index (χ1v) is 11.4. The number of hydrogen-bond donors (Lipinski definition) is 2. The summed E-state index contributed by atoms with van der Waals surface area (Å²) in [5.74, 6) is 1.92. The van der Waals surface area contributed by atoms with E-state index in [1.165, 1.54) is 75.7 Å². The highest BCUT2D eigenvalue weighted by Gasteiger charge is 2.23. The molecule has 0 amide bonds. The Labute approximate surface area is 171 Å². The third-order valence-electron chi connectivity index (χ3n) is 6.30. The summed E-state index contributed by atoms with van der Waals surface area (Å²) in [5.41, 5.74) is 2.59. The molecule has 0 unspecified atom stereocenters. The number of guanidine groups is 1. The molecule has 1 aromatic heterocycles. The van der Waals surface area contributed by atoms with Crippen LogP contribution >= 0.6 is 0 Å². The van der Waals surface area contributed by atoms with Gasteiger partial charge in [0, 0.05) is 51.2 Å². The van der Waals surface area contributed by atoms with Crippen molar-refractivity contribution in [1.29, 1.82) is 0 Å². The van der Waals surface area contributed by atoms with Crippen molar-refractivity contribution in [3.05, 3.63) is 29.6 Å². The van der Waals surface area contributed by atoms with E-state index >= 15 is 0 Å². The molecule has 156 valence electrons. The van der Waals surface area contributed by atoms with Crippen LogP contribution in [-0.4, -0.2) is 54.6 Å². The van der Waals surface area contributed by atoms with E-state index in [0.717, 1.165) is 31.4 Å². The van der Waals surface area contributed by atoms with Crippen LogP contribution in [-0.2, 0) is 6.42 Å². The van der Waals surface area contributed by atoms with Crippen molar-refractivity contribution in [3.8, 4) is 0 Å². The van der Waals surface area contributed by atoms with Crippen LogP contribution < -0.4 is 10.6 Å². The first-order chi connectivity index (χ1) is 13.7. The Hall–Kier alpha value is -1.62. The van der Waals surface area contributed by atoms with Gasteiger partial charge in [0.05, 0.1) is 0 Å². The lowest BCUT2D eigenvalue weighted by atomic mass is 9.88. The van der Waals surface area contributed by atoms with E-state index in [9.17, 15) is 0 Å². The van der Waals surface area contributed by atoms with Gasteiger partial charge in [-0.05, 0) is 69.1 Å². The average Bonchev–Trinajstić information content (AvgIpc) is 2.72. The summed E-state index contributed by atoms with van der Waals surface area (Å²) in [6, 6.07) is 2.65. The normalized spacial score (nSPS) is 20.3. The van der Waals surface area contributed by atoms with Crippen molar-refractivity contribution >= 4 is 5.96 Å². The third kappa shape index (κ3) is 6.77. The molecule has 5 nitrogen and oxygen atoms in total. The molecule has 1 saturated heterocycles. The van der Waals surface area contributed by atoms with Crippen LogP contribution in [0, 0.1) is 12.8 Å². The number of piperidine rings is 1. The summed E-state index contributed by atoms with van der Waals surface area (Å²) in [5, 5.41) is 7.10. The molecule has 0 radical (unpaired) electrons. The molecule has 0 atom stereocenters. The van der Waals surface area contributed by atoms with Crippen LogP contribution in [0.3, 0.4) is 0 Å². The Kier molecular flexibility index (Phi) is 8.59. The summed E-state index contributed by atoms with van der Waals surface area (Å²) in [4.78, 5) is 11.7. The van der Waals surface area contributed by atoms with Crippen LogP contribution in [0.4, 0.5) is 0 Å². The molecule has 1 aliphatic carbocycles. The fourth-order valence-corrected chi connectivity index (χ4v) is 4.58. The van der Waals surface area contributed by atoms with Crippen LogP contribution in [0.15, 0.2) is 23.5 Å². The van der Waals surface area contributed by atoms with Crippen LogP contribution in [0.5, 0.6) is 0 Å². The van der Waals surface area contributed by atoms with Crippen molar-refractivity contribution in [2.24, 2.45) is 10.9 Å². The number of aryl methyl sites for hydroxylation is 1. The Morgan fingerprint density at radius 1 is 1.18 bits per heavy atom. The number of aromatic nitrogens is 1. The minimum Gasteiger partial charge on any atom is -0.357 e. The van der Waals surface area contributed by atoms with Gasteiger partial charge in [-0.15, -0.1) is 0 Å². The number of nitrogens with zero attached hydrogens (tertiary/aromatic N) is 3. The minimum absolute atomic E-state index is 0.545. The predicted molar refractivity (Wildman–Crippen MR) is 118 cm³/mol. The molecule has 0 aromatic carbocycles. The van der Waals surface area contributed by atoms with Gasteiger partial charge in [-0.3, -0.25) is 9.98 Å². The molecule has 2 N–H and O–H groups in total. The van der Waals surface area contributed by atoms with Gasteiger partial charge < -0.3 is 15.5 Å². The van der Waals surface area contributed by atoms with E-state index in [0.29, 0.717) is 6.04 Å². The fraction of sp³-hybridized carbons (Fsp3) is 0.739. The quantitative estimate of drug-likeness (QED) is 0.557. The number of likely N-dealkylation sites (tertiary alicyclic amines) is 1. The van der Waals surface area contributed by atoms with E-state index in [1.54, 1.807) is 0 Å². The molecule has 5 heteroatoms. The fourth-order valence-electron chi connectivity index (χ4n) is 4.58. The second kappa shape index (κ2) is 11.4. The first-order valence-electron chi connectivity index (χ1n) is 11.4. The summed E-state index contributed by atoms with van der Waals surface area (Å²) < 4.78 is 0. The average molecular weight is 386 g/mol. The maximum absolute atomic E-state index is 4.82. The molecular formula is C23H39N5. The van der Waals surface area contributed by atoms with Gasteiger partial charge in [-0.2, -0.15) is 0 Å². The monoisotopic (exact) mass is 385 g/mol. The van der Waals surface area contributed by atoms with Crippen molar-refractivity contribution < 1.29 is 0 Å². The van der Waals surface area contributed by atoms with Gasteiger partial charge in [-0.25, -0.2) is 0 Å². The van der Waals surface area contributed by atoms with Crippen molar-refractivity contribution in [2.75, 3.05) is 32.7 Å². The summed E-state index contributed by atoms with van der Waals surface area (Å²) in [6.07, 6.45) is 14.5. The maximum atomic E-state index is 4.82. The van der Waals surface area contributed by atoms with Gasteiger partial charge in [-0.1, -0.05) is 19.3 Å². The lowest BCUT2D eigenvalue weighted by Crippen LogP contribution is -2.49. The molecule has 0 spiro atoms. The van der Waals surface area contributed by atoms with Crippen LogP contribution in [0.2, 0.25) is 0 Å². The highest BCUT2D eigenvalue weighted by molar-refractivity contribution is 5.80. The van der Waals surface area contributed by atoms with E-state index in [-0.39, 0.29) is 0 Å². The van der Waals surface area contributed by atoms with Gasteiger partial charge in [0.25, 0.3) is 0 Å². The van der Waals surface area contributed by atoms with Gasteiger partial charge in [0.15, 0.2) is 5.96 Å². The van der Waals surface area contributed by atoms with Gasteiger partial charge >= 0.3 is 0 Å². The zero-order valence-corrected chi connectivity index (χ0v) is 17.9. The molecule has 3 rings (SSSR count). The Balaban J connectivity index is 1.42. The predicted octanol–water partition coefficient (Wildman–Crippen LogP) is 3.53. The van der Waals surface area contributed by atoms with E-state index in [1.807, 2.05) is 12.4 Å². The minimum atomic E-state index is 0.545. The second-order valence-corrected chi connectivity index (χ2v) is 8.54. The molecule has 2 fully saturated rings. The third-order valence-corrected chi connectivity index (χ3v) is 6.30. The summed E-state index contributed by atoms with van der Waals surface area (Å²) in [7, 11) is 0. The molecular weight excluding hydrogens is 346 g/mol. The number of hydrogen-bond acceptors (Lipinski definition) is 3. The molecule has 1 saturated carbocycles. The lowest BCUT2D eigenvalue weighted by Gasteiger charge is -2.36. The summed E-state index contributed by atoms with van der Waals surface area (Å²) in [6.45, 7) is 9.74. The highest BCUT2D eigenvalue weighted by Crippen LogP contribution is 2.25. The lowest BCUT2D eigenvalue weighted by molar-refractivity contribution is 0.160. The Bertz CT molecular complexity index is 601. The number of aliphatic imine (C=N–C) groups is 1. The number of nitrogens with one attached hydrogen (secondary N) is 2.